The zero-order chi connectivity index (χ0) is 13.5. The van der Waals surface area contributed by atoms with Gasteiger partial charge in [-0.25, -0.2) is 0 Å². The molecule has 0 radical (unpaired) electrons. The number of aryl methyl sites for hydroxylation is 1. The normalized spacial score (nSPS) is 16.5. The number of hydrogen-bond donors (Lipinski definition) is 1. The lowest BCUT2D eigenvalue weighted by Gasteiger charge is -2.27. The third-order valence-electron chi connectivity index (χ3n) is 3.75. The van der Waals surface area contributed by atoms with Crippen LogP contribution in [-0.2, 0) is 4.74 Å². The summed E-state index contributed by atoms with van der Waals surface area (Å²) in [6, 6.07) is 8.69. The molecule has 0 unspecified atom stereocenters. The molecule has 2 rings (SSSR count). The summed E-state index contributed by atoms with van der Waals surface area (Å²) in [5.74, 6) is 0. The molecule has 1 aliphatic heterocycles. The second-order valence-corrected chi connectivity index (χ2v) is 5.24. The summed E-state index contributed by atoms with van der Waals surface area (Å²) in [4.78, 5) is 2.38. The second kappa shape index (κ2) is 7.51. The lowest BCUT2D eigenvalue weighted by molar-refractivity contribution is 0.0373. The Kier molecular flexibility index (Phi) is 5.67. The molecule has 0 atom stereocenters. The number of ether oxygens (including phenoxy) is 1. The summed E-state index contributed by atoms with van der Waals surface area (Å²) in [6.45, 7) is 9.37. The molecule has 0 bridgehead atoms. The van der Waals surface area contributed by atoms with Crippen LogP contribution in [0, 0.1) is 6.92 Å². The molecular weight excluding hydrogens is 236 g/mol. The molecule has 0 spiro atoms. The van der Waals surface area contributed by atoms with Crippen molar-refractivity contribution in [2.45, 2.75) is 32.8 Å². The second-order valence-electron chi connectivity index (χ2n) is 5.24. The van der Waals surface area contributed by atoms with Gasteiger partial charge in [0.05, 0.1) is 12.7 Å². The van der Waals surface area contributed by atoms with Crippen molar-refractivity contribution in [2.75, 3.05) is 37.7 Å². The number of anilines is 1. The van der Waals surface area contributed by atoms with Crippen LogP contribution in [0.5, 0.6) is 0 Å². The molecule has 1 aliphatic rings. The van der Waals surface area contributed by atoms with Crippen molar-refractivity contribution < 1.29 is 4.74 Å². The van der Waals surface area contributed by atoms with Crippen LogP contribution >= 0.6 is 0 Å². The minimum atomic E-state index is 0.456. The van der Waals surface area contributed by atoms with Gasteiger partial charge in [0.15, 0.2) is 0 Å². The molecule has 1 saturated heterocycles. The largest absolute Gasteiger partial charge is 0.376 e. The molecule has 106 valence electrons. The Bertz CT molecular complexity index is 375. The van der Waals surface area contributed by atoms with Gasteiger partial charge in [-0.2, -0.15) is 0 Å². The molecule has 3 heteroatoms. The van der Waals surface area contributed by atoms with Gasteiger partial charge >= 0.3 is 0 Å². The van der Waals surface area contributed by atoms with E-state index in [0.29, 0.717) is 6.10 Å². The topological polar surface area (TPSA) is 24.5 Å². The fourth-order valence-electron chi connectivity index (χ4n) is 2.59. The summed E-state index contributed by atoms with van der Waals surface area (Å²) in [5, 5.41) is 3.37. The van der Waals surface area contributed by atoms with E-state index in [4.69, 9.17) is 4.74 Å². The molecule has 1 aromatic rings. The van der Waals surface area contributed by atoms with Crippen LogP contribution < -0.4 is 10.2 Å². The van der Waals surface area contributed by atoms with Crippen LogP contribution in [0.15, 0.2) is 24.3 Å². The lowest BCUT2D eigenvalue weighted by atomic mass is 10.1. The average Bonchev–Trinajstić information content (AvgIpc) is 2.45. The smallest absolute Gasteiger partial charge is 0.0645 e. The van der Waals surface area contributed by atoms with Gasteiger partial charge < -0.3 is 15.0 Å². The number of nitrogens with one attached hydrogen (secondary N) is 1. The highest BCUT2D eigenvalue weighted by molar-refractivity contribution is 5.48. The van der Waals surface area contributed by atoms with E-state index in [2.05, 4.69) is 48.3 Å². The summed E-state index contributed by atoms with van der Waals surface area (Å²) < 4.78 is 5.99. The van der Waals surface area contributed by atoms with E-state index < -0.39 is 0 Å². The summed E-state index contributed by atoms with van der Waals surface area (Å²) >= 11 is 0. The Morgan fingerprint density at radius 1 is 1.32 bits per heavy atom. The molecular formula is C16H26N2O. The van der Waals surface area contributed by atoms with Gasteiger partial charge in [0.1, 0.15) is 0 Å². The van der Waals surface area contributed by atoms with Crippen LogP contribution in [0.2, 0.25) is 0 Å². The number of piperidine rings is 1. The first-order valence-electron chi connectivity index (χ1n) is 7.43. The maximum Gasteiger partial charge on any atom is 0.0645 e. The molecule has 1 N–H and O–H groups in total. The number of hydrogen-bond acceptors (Lipinski definition) is 3. The third-order valence-corrected chi connectivity index (χ3v) is 3.75. The van der Waals surface area contributed by atoms with Crippen LogP contribution in [-0.4, -0.2) is 38.9 Å². The molecule has 0 amide bonds. The van der Waals surface area contributed by atoms with Gasteiger partial charge in [-0.3, -0.25) is 0 Å². The summed E-state index contributed by atoms with van der Waals surface area (Å²) in [6.07, 6.45) is 2.75. The predicted octanol–water partition coefficient (Wildman–Crippen LogP) is 2.59. The van der Waals surface area contributed by atoms with E-state index in [1.165, 1.54) is 11.3 Å². The van der Waals surface area contributed by atoms with Gasteiger partial charge in [0.2, 0.25) is 0 Å². The molecule has 1 fully saturated rings. The zero-order valence-electron chi connectivity index (χ0n) is 12.2. The van der Waals surface area contributed by atoms with Gasteiger partial charge in [-0.15, -0.1) is 0 Å². The van der Waals surface area contributed by atoms with Gasteiger partial charge in [0, 0.05) is 18.8 Å². The SMILES string of the molecule is CCN(CCOC1CCNCC1)c1cccc(C)c1. The fourth-order valence-corrected chi connectivity index (χ4v) is 2.59. The molecule has 19 heavy (non-hydrogen) atoms. The first-order chi connectivity index (χ1) is 9.29. The number of benzene rings is 1. The van der Waals surface area contributed by atoms with Crippen molar-refractivity contribution in [3.8, 4) is 0 Å². The van der Waals surface area contributed by atoms with Crippen molar-refractivity contribution in [2.24, 2.45) is 0 Å². The minimum absolute atomic E-state index is 0.456. The van der Waals surface area contributed by atoms with Crippen LogP contribution in [0.4, 0.5) is 5.69 Å². The Morgan fingerprint density at radius 3 is 2.79 bits per heavy atom. The van der Waals surface area contributed by atoms with E-state index in [1.807, 2.05) is 0 Å². The van der Waals surface area contributed by atoms with Gasteiger partial charge in [0.25, 0.3) is 0 Å². The minimum Gasteiger partial charge on any atom is -0.376 e. The molecule has 3 nitrogen and oxygen atoms in total. The van der Waals surface area contributed by atoms with Crippen LogP contribution in [0.1, 0.15) is 25.3 Å². The highest BCUT2D eigenvalue weighted by Gasteiger charge is 2.13. The van der Waals surface area contributed by atoms with Crippen LogP contribution in [0.25, 0.3) is 0 Å². The predicted molar refractivity (Wildman–Crippen MR) is 80.9 cm³/mol. The highest BCUT2D eigenvalue weighted by Crippen LogP contribution is 2.15. The number of likely N-dealkylation sites (N-methyl/N-ethyl adjacent to an activating group) is 1. The monoisotopic (exact) mass is 262 g/mol. The molecule has 0 aliphatic carbocycles. The maximum absolute atomic E-state index is 5.99. The van der Waals surface area contributed by atoms with E-state index in [-0.39, 0.29) is 0 Å². The zero-order valence-corrected chi connectivity index (χ0v) is 12.2. The Labute approximate surface area is 116 Å². The third kappa shape index (κ3) is 4.51. The standard InChI is InChI=1S/C16H26N2O/c1-3-18(15-6-4-5-14(2)13-15)11-12-19-16-7-9-17-10-8-16/h4-6,13,16-17H,3,7-12H2,1-2H3. The van der Waals surface area contributed by atoms with Crippen molar-refractivity contribution in [1.29, 1.82) is 0 Å². The molecule has 0 aromatic heterocycles. The fraction of sp³-hybridized carbons (Fsp3) is 0.625. The van der Waals surface area contributed by atoms with E-state index in [1.54, 1.807) is 0 Å². The number of rotatable bonds is 6. The summed E-state index contributed by atoms with van der Waals surface area (Å²) in [5.41, 5.74) is 2.62. The molecule has 1 heterocycles. The Morgan fingerprint density at radius 2 is 2.11 bits per heavy atom. The first-order valence-corrected chi connectivity index (χ1v) is 7.43. The Hall–Kier alpha value is -1.06. The highest BCUT2D eigenvalue weighted by atomic mass is 16.5. The van der Waals surface area contributed by atoms with E-state index >= 15 is 0 Å². The quantitative estimate of drug-likeness (QED) is 0.853. The van der Waals surface area contributed by atoms with E-state index in [9.17, 15) is 0 Å². The van der Waals surface area contributed by atoms with E-state index in [0.717, 1.165) is 45.6 Å². The summed E-state index contributed by atoms with van der Waals surface area (Å²) in [7, 11) is 0. The van der Waals surface area contributed by atoms with Crippen molar-refractivity contribution in [3.63, 3.8) is 0 Å². The van der Waals surface area contributed by atoms with Crippen LogP contribution in [0.3, 0.4) is 0 Å². The average molecular weight is 262 g/mol. The molecule has 1 aromatic carbocycles. The van der Waals surface area contributed by atoms with Crippen molar-refractivity contribution in [3.05, 3.63) is 29.8 Å². The van der Waals surface area contributed by atoms with Crippen molar-refractivity contribution in [1.82, 2.24) is 5.32 Å². The van der Waals surface area contributed by atoms with Gasteiger partial charge in [-0.1, -0.05) is 12.1 Å². The Balaban J connectivity index is 1.79. The van der Waals surface area contributed by atoms with Gasteiger partial charge in [-0.05, 0) is 57.5 Å². The molecule has 0 saturated carbocycles. The maximum atomic E-state index is 5.99. The first kappa shape index (κ1) is 14.4. The number of nitrogens with zero attached hydrogens (tertiary/aromatic N) is 1. The van der Waals surface area contributed by atoms with Crippen molar-refractivity contribution >= 4 is 5.69 Å². The lowest BCUT2D eigenvalue weighted by Crippen LogP contribution is -2.35.